The predicted octanol–water partition coefficient (Wildman–Crippen LogP) is 2.61. The van der Waals surface area contributed by atoms with Crippen LogP contribution < -0.4 is 0 Å². The van der Waals surface area contributed by atoms with Crippen molar-refractivity contribution in [3.8, 4) is 17.1 Å². The Labute approximate surface area is 131 Å². The Hall–Kier alpha value is -3.48. The second-order valence-corrected chi connectivity index (χ2v) is 4.78. The standard InChI is InChI=1S/C16H12N6O/c1-2-5-14(6-3-1)22-10-13(9-19-21-11-17-18-12-21)16(20-22)15-7-4-8-23-15/h1-12H/b19-9-. The van der Waals surface area contributed by atoms with Gasteiger partial charge in [0.1, 0.15) is 18.3 Å². The molecular weight excluding hydrogens is 292 g/mol. The minimum absolute atomic E-state index is 0.685. The lowest BCUT2D eigenvalue weighted by Gasteiger charge is -1.98. The van der Waals surface area contributed by atoms with Gasteiger partial charge in [-0.3, -0.25) is 0 Å². The number of nitrogens with zero attached hydrogens (tertiary/aromatic N) is 6. The van der Waals surface area contributed by atoms with E-state index in [1.807, 2.05) is 48.7 Å². The quantitative estimate of drug-likeness (QED) is 0.543. The van der Waals surface area contributed by atoms with Crippen LogP contribution in [-0.2, 0) is 0 Å². The van der Waals surface area contributed by atoms with E-state index in [1.54, 1.807) is 17.2 Å². The molecule has 23 heavy (non-hydrogen) atoms. The van der Waals surface area contributed by atoms with Crippen molar-refractivity contribution < 1.29 is 4.42 Å². The van der Waals surface area contributed by atoms with Crippen LogP contribution in [0.25, 0.3) is 17.1 Å². The number of furan rings is 1. The van der Waals surface area contributed by atoms with E-state index in [0.29, 0.717) is 5.76 Å². The average Bonchev–Trinajstić information content (AvgIpc) is 3.33. The maximum atomic E-state index is 5.48. The first kappa shape index (κ1) is 13.2. The van der Waals surface area contributed by atoms with Crippen molar-refractivity contribution in [2.24, 2.45) is 5.10 Å². The van der Waals surface area contributed by atoms with Gasteiger partial charge in [-0.05, 0) is 24.3 Å². The molecule has 3 aromatic heterocycles. The molecule has 0 fully saturated rings. The largest absolute Gasteiger partial charge is 0.463 e. The van der Waals surface area contributed by atoms with Crippen LogP contribution in [-0.4, -0.2) is 30.9 Å². The molecule has 0 aliphatic heterocycles. The van der Waals surface area contributed by atoms with E-state index >= 15 is 0 Å². The molecule has 0 spiro atoms. The molecule has 0 saturated heterocycles. The van der Waals surface area contributed by atoms with Crippen molar-refractivity contribution in [2.75, 3.05) is 0 Å². The Bertz CT molecular complexity index is 907. The highest BCUT2D eigenvalue weighted by Gasteiger charge is 2.13. The summed E-state index contributed by atoms with van der Waals surface area (Å²) >= 11 is 0. The van der Waals surface area contributed by atoms with Crippen LogP contribution in [0.4, 0.5) is 0 Å². The normalized spacial score (nSPS) is 11.3. The summed E-state index contributed by atoms with van der Waals surface area (Å²) in [7, 11) is 0. The van der Waals surface area contributed by atoms with Gasteiger partial charge in [0.15, 0.2) is 5.76 Å². The van der Waals surface area contributed by atoms with Crippen LogP contribution in [0.3, 0.4) is 0 Å². The molecule has 7 heteroatoms. The first-order valence-corrected chi connectivity index (χ1v) is 6.98. The van der Waals surface area contributed by atoms with Crippen LogP contribution in [0, 0.1) is 0 Å². The topological polar surface area (TPSA) is 74.0 Å². The molecule has 0 N–H and O–H groups in total. The molecule has 4 rings (SSSR count). The van der Waals surface area contributed by atoms with Crippen LogP contribution in [0.2, 0.25) is 0 Å². The van der Waals surface area contributed by atoms with Gasteiger partial charge in [0.2, 0.25) is 0 Å². The van der Waals surface area contributed by atoms with Gasteiger partial charge in [-0.15, -0.1) is 10.2 Å². The Morgan fingerprint density at radius 2 is 1.83 bits per heavy atom. The Morgan fingerprint density at radius 1 is 1.00 bits per heavy atom. The fourth-order valence-corrected chi connectivity index (χ4v) is 2.18. The fraction of sp³-hybridized carbons (Fsp3) is 0. The first-order chi connectivity index (χ1) is 11.4. The van der Waals surface area contributed by atoms with E-state index in [0.717, 1.165) is 16.9 Å². The van der Waals surface area contributed by atoms with E-state index in [1.165, 1.54) is 17.3 Å². The summed E-state index contributed by atoms with van der Waals surface area (Å²) in [6.45, 7) is 0. The molecular formula is C16H12N6O. The minimum Gasteiger partial charge on any atom is -0.463 e. The highest BCUT2D eigenvalue weighted by molar-refractivity contribution is 5.87. The zero-order valence-electron chi connectivity index (χ0n) is 12.0. The lowest BCUT2D eigenvalue weighted by atomic mass is 10.2. The zero-order chi connectivity index (χ0) is 15.5. The third-order valence-corrected chi connectivity index (χ3v) is 3.25. The van der Waals surface area contributed by atoms with Crippen LogP contribution in [0.15, 0.2) is 77.1 Å². The summed E-state index contributed by atoms with van der Waals surface area (Å²) in [5.41, 5.74) is 2.51. The van der Waals surface area contributed by atoms with Gasteiger partial charge in [-0.25, -0.2) is 9.36 Å². The summed E-state index contributed by atoms with van der Waals surface area (Å²) < 4.78 is 8.79. The molecule has 0 radical (unpaired) electrons. The Morgan fingerprint density at radius 3 is 2.57 bits per heavy atom. The van der Waals surface area contributed by atoms with Gasteiger partial charge in [0.25, 0.3) is 0 Å². The first-order valence-electron chi connectivity index (χ1n) is 6.98. The Balaban J connectivity index is 1.78. The van der Waals surface area contributed by atoms with Crippen molar-refractivity contribution in [2.45, 2.75) is 0 Å². The third-order valence-electron chi connectivity index (χ3n) is 3.25. The lowest BCUT2D eigenvalue weighted by molar-refractivity contribution is 0.579. The minimum atomic E-state index is 0.685. The van der Waals surface area contributed by atoms with E-state index in [4.69, 9.17) is 4.42 Å². The molecule has 7 nitrogen and oxygen atoms in total. The third kappa shape index (κ3) is 2.67. The second kappa shape index (κ2) is 5.72. The van der Waals surface area contributed by atoms with Gasteiger partial charge in [-0.1, -0.05) is 18.2 Å². The van der Waals surface area contributed by atoms with Gasteiger partial charge in [0.05, 0.1) is 18.2 Å². The van der Waals surface area contributed by atoms with Gasteiger partial charge in [0, 0.05) is 11.8 Å². The van der Waals surface area contributed by atoms with E-state index in [2.05, 4.69) is 20.4 Å². The molecule has 0 bridgehead atoms. The number of benzene rings is 1. The number of aromatic nitrogens is 5. The van der Waals surface area contributed by atoms with Gasteiger partial charge >= 0.3 is 0 Å². The van der Waals surface area contributed by atoms with E-state index in [9.17, 15) is 0 Å². The molecule has 1 aromatic carbocycles. The molecule has 0 saturated carbocycles. The zero-order valence-corrected chi connectivity index (χ0v) is 12.0. The predicted molar refractivity (Wildman–Crippen MR) is 84.3 cm³/mol. The Kier molecular flexibility index (Phi) is 3.28. The molecule has 0 atom stereocenters. The number of hydrogen-bond donors (Lipinski definition) is 0. The van der Waals surface area contributed by atoms with Crippen molar-refractivity contribution in [1.82, 2.24) is 24.7 Å². The monoisotopic (exact) mass is 304 g/mol. The molecule has 0 amide bonds. The fourth-order valence-electron chi connectivity index (χ4n) is 2.18. The molecule has 112 valence electrons. The molecule has 0 unspecified atom stereocenters. The van der Waals surface area contributed by atoms with Crippen molar-refractivity contribution in [3.05, 3.63) is 73.1 Å². The summed E-state index contributed by atoms with van der Waals surface area (Å²) in [5.74, 6) is 0.685. The van der Waals surface area contributed by atoms with Crippen molar-refractivity contribution in [1.29, 1.82) is 0 Å². The number of rotatable bonds is 4. The average molecular weight is 304 g/mol. The maximum Gasteiger partial charge on any atom is 0.154 e. The van der Waals surface area contributed by atoms with Crippen LogP contribution in [0.1, 0.15) is 5.56 Å². The van der Waals surface area contributed by atoms with E-state index < -0.39 is 0 Å². The molecule has 0 aliphatic rings. The highest BCUT2D eigenvalue weighted by atomic mass is 16.3. The van der Waals surface area contributed by atoms with E-state index in [-0.39, 0.29) is 0 Å². The van der Waals surface area contributed by atoms with Gasteiger partial charge < -0.3 is 4.42 Å². The van der Waals surface area contributed by atoms with Crippen molar-refractivity contribution in [3.63, 3.8) is 0 Å². The smallest absolute Gasteiger partial charge is 0.154 e. The highest BCUT2D eigenvalue weighted by Crippen LogP contribution is 2.23. The maximum absolute atomic E-state index is 5.48. The summed E-state index contributed by atoms with van der Waals surface area (Å²) in [4.78, 5) is 0. The van der Waals surface area contributed by atoms with Gasteiger partial charge in [-0.2, -0.15) is 10.2 Å². The second-order valence-electron chi connectivity index (χ2n) is 4.78. The summed E-state index contributed by atoms with van der Waals surface area (Å²) in [5, 5.41) is 16.3. The number of para-hydroxylation sites is 1. The molecule has 3 heterocycles. The SMILES string of the molecule is C(=N/n1cnnc1)/c1cn(-c2ccccc2)nc1-c1ccco1. The van der Waals surface area contributed by atoms with Crippen molar-refractivity contribution >= 4 is 6.21 Å². The molecule has 0 aliphatic carbocycles. The summed E-state index contributed by atoms with van der Waals surface area (Å²) in [6.07, 6.45) is 8.27. The summed E-state index contributed by atoms with van der Waals surface area (Å²) in [6, 6.07) is 13.6. The molecule has 4 aromatic rings. The number of hydrogen-bond acceptors (Lipinski definition) is 5. The van der Waals surface area contributed by atoms with Crippen LogP contribution >= 0.6 is 0 Å². The lowest BCUT2D eigenvalue weighted by Crippen LogP contribution is -1.93. The van der Waals surface area contributed by atoms with Crippen LogP contribution in [0.5, 0.6) is 0 Å².